The number of aromatic nitrogens is 4. The topological polar surface area (TPSA) is 136 Å². The first kappa shape index (κ1) is 12.9. The van der Waals surface area contributed by atoms with Gasteiger partial charge in [-0.15, -0.1) is 5.10 Å². The zero-order valence-electron chi connectivity index (χ0n) is 9.30. The molecule has 9 nitrogen and oxygen atoms in total. The van der Waals surface area contributed by atoms with E-state index in [9.17, 15) is 4.57 Å². The predicted molar refractivity (Wildman–Crippen MR) is 62.6 cm³/mol. The summed E-state index contributed by atoms with van der Waals surface area (Å²) >= 11 is 0. The number of nitrogen functional groups attached to an aromatic ring is 1. The maximum atomic E-state index is 10.6. The van der Waals surface area contributed by atoms with Gasteiger partial charge in [0.25, 0.3) is 0 Å². The number of anilines is 1. The van der Waals surface area contributed by atoms with Gasteiger partial charge in [0.1, 0.15) is 11.9 Å². The van der Waals surface area contributed by atoms with Crippen molar-refractivity contribution in [3.05, 3.63) is 12.5 Å². The Morgan fingerprint density at radius 1 is 1.50 bits per heavy atom. The van der Waals surface area contributed by atoms with Crippen LogP contribution < -0.4 is 5.73 Å². The summed E-state index contributed by atoms with van der Waals surface area (Å²) in [7, 11) is -4.12. The molecular formula is C8H12N5O4P. The van der Waals surface area contributed by atoms with E-state index in [1.54, 1.807) is 4.57 Å². The summed E-state index contributed by atoms with van der Waals surface area (Å²) in [6.45, 7) is 0.488. The zero-order chi connectivity index (χ0) is 13.2. The van der Waals surface area contributed by atoms with Crippen LogP contribution in [0.4, 0.5) is 5.69 Å². The van der Waals surface area contributed by atoms with Gasteiger partial charge in [0.15, 0.2) is 5.65 Å². The summed E-state index contributed by atoms with van der Waals surface area (Å²) in [5, 5.41) is 7.60. The second-order valence-corrected chi connectivity index (χ2v) is 5.20. The van der Waals surface area contributed by atoms with Crippen molar-refractivity contribution in [3.63, 3.8) is 0 Å². The lowest BCUT2D eigenvalue weighted by molar-refractivity contribution is 0.149. The number of nitrogens with two attached hydrogens (primary N) is 1. The second-order valence-electron chi connectivity index (χ2n) is 3.61. The van der Waals surface area contributed by atoms with Crippen LogP contribution in [0.25, 0.3) is 11.2 Å². The Morgan fingerprint density at radius 2 is 2.28 bits per heavy atom. The van der Waals surface area contributed by atoms with Crippen LogP contribution >= 0.6 is 7.60 Å². The van der Waals surface area contributed by atoms with Crippen LogP contribution in [0.1, 0.15) is 0 Å². The molecule has 18 heavy (non-hydrogen) atoms. The Hall–Kier alpha value is -1.54. The molecule has 0 amide bonds. The monoisotopic (exact) mass is 273 g/mol. The summed E-state index contributed by atoms with van der Waals surface area (Å²) in [5.41, 5.74) is 7.15. The Labute approximate surface area is 102 Å². The van der Waals surface area contributed by atoms with Gasteiger partial charge in [-0.1, -0.05) is 0 Å². The van der Waals surface area contributed by atoms with E-state index in [-0.39, 0.29) is 6.61 Å². The molecule has 0 spiro atoms. The van der Waals surface area contributed by atoms with Crippen LogP contribution in [0.3, 0.4) is 0 Å². The fourth-order valence-corrected chi connectivity index (χ4v) is 1.77. The molecule has 0 aliphatic heterocycles. The largest absolute Gasteiger partial charge is 0.396 e. The molecule has 2 rings (SSSR count). The molecule has 0 fully saturated rings. The molecule has 2 aromatic heterocycles. The summed E-state index contributed by atoms with van der Waals surface area (Å²) < 4.78 is 17.1. The van der Waals surface area contributed by atoms with E-state index >= 15 is 0 Å². The predicted octanol–water partition coefficient (Wildman–Crippen LogP) is -0.440. The molecule has 4 N–H and O–H groups in total. The van der Waals surface area contributed by atoms with Gasteiger partial charge in [-0.2, -0.15) is 5.10 Å². The number of imidazole rings is 1. The van der Waals surface area contributed by atoms with Crippen LogP contribution in [-0.2, 0) is 15.8 Å². The number of rotatable bonds is 5. The van der Waals surface area contributed by atoms with Crippen LogP contribution in [0.5, 0.6) is 0 Å². The molecular weight excluding hydrogens is 261 g/mol. The van der Waals surface area contributed by atoms with E-state index in [0.717, 1.165) is 0 Å². The Kier molecular flexibility index (Phi) is 3.58. The van der Waals surface area contributed by atoms with Crippen molar-refractivity contribution in [1.29, 1.82) is 0 Å². The lowest BCUT2D eigenvalue weighted by Crippen LogP contribution is -2.07. The third-order valence-corrected chi connectivity index (χ3v) is 2.69. The minimum atomic E-state index is -4.12. The fraction of sp³-hybridized carbons (Fsp3) is 0.375. The van der Waals surface area contributed by atoms with Gasteiger partial charge in [0.05, 0.1) is 24.8 Å². The number of fused-ring (bicyclic) bond motifs is 1. The standard InChI is InChI=1S/C8H12N5O4P/c9-6-3-11-12-8-7(6)10-4-13(8)1-2-17-5-18(14,15)16/h3-4H,1-2,5H2,(H2,9,12)(H2,14,15,16). The van der Waals surface area contributed by atoms with Crippen molar-refractivity contribution in [2.24, 2.45) is 0 Å². The molecule has 0 atom stereocenters. The van der Waals surface area contributed by atoms with Crippen LogP contribution in [0.2, 0.25) is 0 Å². The summed E-state index contributed by atoms with van der Waals surface area (Å²) in [4.78, 5) is 21.3. The highest BCUT2D eigenvalue weighted by Gasteiger charge is 2.13. The van der Waals surface area contributed by atoms with Gasteiger partial charge in [-0.25, -0.2) is 4.98 Å². The second kappa shape index (κ2) is 4.99. The fourth-order valence-electron chi connectivity index (χ4n) is 1.40. The molecule has 0 saturated carbocycles. The minimum Gasteiger partial charge on any atom is -0.396 e. The lowest BCUT2D eigenvalue weighted by Gasteiger charge is -2.06. The average Bonchev–Trinajstić information content (AvgIpc) is 2.68. The Balaban J connectivity index is 2.00. The van der Waals surface area contributed by atoms with Gasteiger partial charge in [-0.05, 0) is 0 Å². The van der Waals surface area contributed by atoms with E-state index in [2.05, 4.69) is 15.2 Å². The maximum absolute atomic E-state index is 10.6. The van der Waals surface area contributed by atoms with Gasteiger partial charge in [0, 0.05) is 6.54 Å². The lowest BCUT2D eigenvalue weighted by atomic mass is 10.4. The van der Waals surface area contributed by atoms with Crippen molar-refractivity contribution >= 4 is 24.4 Å². The number of hydrogen-bond donors (Lipinski definition) is 3. The van der Waals surface area contributed by atoms with Gasteiger partial charge in [-0.3, -0.25) is 4.57 Å². The molecule has 2 aromatic rings. The number of hydrogen-bond acceptors (Lipinski definition) is 6. The van der Waals surface area contributed by atoms with Gasteiger partial charge < -0.3 is 24.8 Å². The Morgan fingerprint density at radius 3 is 3.00 bits per heavy atom. The normalized spacial score (nSPS) is 12.1. The smallest absolute Gasteiger partial charge is 0.350 e. The van der Waals surface area contributed by atoms with Crippen molar-refractivity contribution in [2.75, 3.05) is 18.7 Å². The highest BCUT2D eigenvalue weighted by atomic mass is 31.2. The minimum absolute atomic E-state index is 0.132. The maximum Gasteiger partial charge on any atom is 0.350 e. The van der Waals surface area contributed by atoms with Gasteiger partial charge >= 0.3 is 7.60 Å². The quantitative estimate of drug-likeness (QED) is 0.492. The first-order valence-electron chi connectivity index (χ1n) is 5.02. The van der Waals surface area contributed by atoms with E-state index < -0.39 is 13.9 Å². The Bertz CT molecular complexity index is 594. The number of ether oxygens (including phenoxy) is 1. The molecule has 0 unspecified atom stereocenters. The SMILES string of the molecule is Nc1cnnc2c1ncn2CCOCP(=O)(O)O. The average molecular weight is 273 g/mol. The third kappa shape index (κ3) is 3.02. The highest BCUT2D eigenvalue weighted by Crippen LogP contribution is 2.33. The molecule has 10 heteroatoms. The van der Waals surface area contributed by atoms with Crippen molar-refractivity contribution in [1.82, 2.24) is 19.7 Å². The third-order valence-electron chi connectivity index (χ3n) is 2.17. The summed E-state index contributed by atoms with van der Waals surface area (Å²) in [6, 6.07) is 0. The van der Waals surface area contributed by atoms with E-state index in [4.69, 9.17) is 20.3 Å². The van der Waals surface area contributed by atoms with Crippen molar-refractivity contribution < 1.29 is 19.1 Å². The molecule has 0 bridgehead atoms. The zero-order valence-corrected chi connectivity index (χ0v) is 10.2. The van der Waals surface area contributed by atoms with Gasteiger partial charge in [0.2, 0.25) is 0 Å². The molecule has 2 heterocycles. The van der Waals surface area contributed by atoms with Crippen molar-refractivity contribution in [2.45, 2.75) is 6.54 Å². The molecule has 0 aliphatic rings. The van der Waals surface area contributed by atoms with E-state index in [0.29, 0.717) is 23.4 Å². The molecule has 0 aliphatic carbocycles. The summed E-state index contributed by atoms with van der Waals surface area (Å²) in [6.07, 6.45) is 2.33. The molecule has 0 radical (unpaired) electrons. The molecule has 98 valence electrons. The van der Waals surface area contributed by atoms with Crippen LogP contribution in [-0.4, -0.2) is 42.5 Å². The first-order valence-corrected chi connectivity index (χ1v) is 6.81. The highest BCUT2D eigenvalue weighted by molar-refractivity contribution is 7.51. The van der Waals surface area contributed by atoms with Crippen LogP contribution in [0.15, 0.2) is 12.5 Å². The number of nitrogens with zero attached hydrogens (tertiary/aromatic N) is 4. The van der Waals surface area contributed by atoms with Crippen molar-refractivity contribution in [3.8, 4) is 0 Å². The van der Waals surface area contributed by atoms with E-state index in [1.165, 1.54) is 12.5 Å². The first-order chi connectivity index (χ1) is 8.47. The molecule has 0 saturated heterocycles. The molecule has 0 aromatic carbocycles. The van der Waals surface area contributed by atoms with E-state index in [1.807, 2.05) is 0 Å². The van der Waals surface area contributed by atoms with Crippen LogP contribution in [0, 0.1) is 0 Å². The summed E-state index contributed by atoms with van der Waals surface area (Å²) in [5.74, 6) is 0.